The average Bonchev–Trinajstić information content (AvgIpc) is 2.76. The van der Waals surface area contributed by atoms with Crippen LogP contribution < -0.4 is 11.2 Å². The van der Waals surface area contributed by atoms with E-state index in [2.05, 4.69) is 21.7 Å². The summed E-state index contributed by atoms with van der Waals surface area (Å²) in [6.07, 6.45) is 5.05. The lowest BCUT2D eigenvalue weighted by Crippen LogP contribution is -2.37. The van der Waals surface area contributed by atoms with Crippen LogP contribution in [0.4, 0.5) is 0 Å². The quantitative estimate of drug-likeness (QED) is 0.642. The summed E-state index contributed by atoms with van der Waals surface area (Å²) in [6, 6.07) is 0. The Morgan fingerprint density at radius 1 is 0.960 bits per heavy atom. The standard InChI is InChI=1S/C17H23N5O2.H2O/c1-19-13(9-8-12-22-10-6-4-5-7-11-22)18-15-14(19)16(23)21(3)17(24)20(15)2;/h4-7,10-12H2,1-3H3;1H2. The van der Waals surface area contributed by atoms with Crippen LogP contribution in [0.2, 0.25) is 0 Å². The predicted octanol–water partition coefficient (Wildman–Crippen LogP) is -0.626. The van der Waals surface area contributed by atoms with Crippen LogP contribution in [0.5, 0.6) is 0 Å². The third-order valence-electron chi connectivity index (χ3n) is 4.68. The van der Waals surface area contributed by atoms with E-state index in [0.717, 1.165) is 17.7 Å². The van der Waals surface area contributed by atoms with E-state index in [1.54, 1.807) is 18.7 Å². The number of imidazole rings is 1. The Kier molecular flexibility index (Phi) is 5.82. The fourth-order valence-corrected chi connectivity index (χ4v) is 3.15. The smallest absolute Gasteiger partial charge is 0.332 e. The molecular weight excluding hydrogens is 322 g/mol. The van der Waals surface area contributed by atoms with Crippen molar-refractivity contribution in [3.63, 3.8) is 0 Å². The SMILES string of the molecule is Cn1c(=O)c2c(nc(C#CCN3CCCCCC3)n2C)n(C)c1=O.O. The fraction of sp³-hybridized carbons (Fsp3) is 0.588. The number of nitrogens with zero attached hydrogens (tertiary/aromatic N) is 5. The molecule has 0 bridgehead atoms. The lowest BCUT2D eigenvalue weighted by Gasteiger charge is -2.15. The summed E-state index contributed by atoms with van der Waals surface area (Å²) in [4.78, 5) is 31.1. The molecule has 1 aliphatic heterocycles. The molecule has 1 saturated heterocycles. The van der Waals surface area contributed by atoms with E-state index in [1.807, 2.05) is 0 Å². The molecule has 0 unspecified atom stereocenters. The Bertz CT molecular complexity index is 934. The van der Waals surface area contributed by atoms with Crippen LogP contribution in [-0.4, -0.2) is 48.7 Å². The maximum atomic E-state index is 12.3. The zero-order valence-electron chi connectivity index (χ0n) is 15.0. The van der Waals surface area contributed by atoms with E-state index < -0.39 is 0 Å². The van der Waals surface area contributed by atoms with Gasteiger partial charge in [0.2, 0.25) is 0 Å². The minimum absolute atomic E-state index is 0. The van der Waals surface area contributed by atoms with Gasteiger partial charge in [-0.05, 0) is 31.9 Å². The van der Waals surface area contributed by atoms with E-state index in [-0.39, 0.29) is 16.7 Å². The first kappa shape index (κ1) is 19.0. The maximum Gasteiger partial charge on any atom is 0.332 e. The number of likely N-dealkylation sites (tertiary alicyclic amines) is 1. The van der Waals surface area contributed by atoms with Gasteiger partial charge in [0.15, 0.2) is 17.0 Å². The van der Waals surface area contributed by atoms with E-state index in [4.69, 9.17) is 0 Å². The van der Waals surface area contributed by atoms with Gasteiger partial charge < -0.3 is 10.0 Å². The monoisotopic (exact) mass is 347 g/mol. The summed E-state index contributed by atoms with van der Waals surface area (Å²) < 4.78 is 4.15. The summed E-state index contributed by atoms with van der Waals surface area (Å²) in [5, 5.41) is 0. The number of rotatable bonds is 1. The molecule has 2 N–H and O–H groups in total. The van der Waals surface area contributed by atoms with Crippen molar-refractivity contribution in [3.8, 4) is 11.8 Å². The summed E-state index contributed by atoms with van der Waals surface area (Å²) in [6.45, 7) is 2.89. The first-order valence-electron chi connectivity index (χ1n) is 8.34. The second kappa shape index (κ2) is 7.68. The molecule has 0 atom stereocenters. The number of aryl methyl sites for hydroxylation is 2. The lowest BCUT2D eigenvalue weighted by atomic mass is 10.2. The van der Waals surface area contributed by atoms with Gasteiger partial charge in [-0.2, -0.15) is 0 Å². The van der Waals surface area contributed by atoms with E-state index in [1.165, 1.54) is 37.3 Å². The van der Waals surface area contributed by atoms with Crippen LogP contribution in [0.25, 0.3) is 11.2 Å². The van der Waals surface area contributed by atoms with Crippen molar-refractivity contribution in [1.29, 1.82) is 0 Å². The predicted molar refractivity (Wildman–Crippen MR) is 96.6 cm³/mol. The van der Waals surface area contributed by atoms with Crippen LogP contribution in [-0.2, 0) is 21.1 Å². The zero-order valence-corrected chi connectivity index (χ0v) is 15.0. The van der Waals surface area contributed by atoms with Gasteiger partial charge in [-0.3, -0.25) is 18.8 Å². The van der Waals surface area contributed by atoms with Gasteiger partial charge in [0.25, 0.3) is 5.56 Å². The normalized spacial score (nSPS) is 15.3. The topological polar surface area (TPSA) is 96.6 Å². The Hall–Kier alpha value is -2.37. The van der Waals surface area contributed by atoms with Crippen molar-refractivity contribution >= 4 is 11.2 Å². The molecule has 1 aliphatic rings. The summed E-state index contributed by atoms with van der Waals surface area (Å²) >= 11 is 0. The second-order valence-electron chi connectivity index (χ2n) is 6.36. The molecule has 0 spiro atoms. The highest BCUT2D eigenvalue weighted by Crippen LogP contribution is 2.09. The van der Waals surface area contributed by atoms with E-state index >= 15 is 0 Å². The van der Waals surface area contributed by atoms with Crippen molar-refractivity contribution in [3.05, 3.63) is 26.7 Å². The van der Waals surface area contributed by atoms with Crippen LogP contribution in [0.3, 0.4) is 0 Å². The molecule has 25 heavy (non-hydrogen) atoms. The van der Waals surface area contributed by atoms with Gasteiger partial charge in [-0.25, -0.2) is 9.78 Å². The van der Waals surface area contributed by atoms with Crippen LogP contribution in [0, 0.1) is 11.8 Å². The van der Waals surface area contributed by atoms with Gasteiger partial charge in [0, 0.05) is 21.1 Å². The van der Waals surface area contributed by atoms with Crippen LogP contribution in [0.15, 0.2) is 9.59 Å². The summed E-state index contributed by atoms with van der Waals surface area (Å²) in [7, 11) is 4.85. The van der Waals surface area contributed by atoms with Crippen molar-refractivity contribution < 1.29 is 5.48 Å². The van der Waals surface area contributed by atoms with Gasteiger partial charge in [-0.15, -0.1) is 0 Å². The first-order chi connectivity index (χ1) is 11.5. The summed E-state index contributed by atoms with van der Waals surface area (Å²) in [5.74, 6) is 6.74. The molecular formula is C17H25N5O3. The Balaban J connectivity index is 0.00000225. The number of hydrogen-bond acceptors (Lipinski definition) is 4. The van der Waals surface area contributed by atoms with Crippen molar-refractivity contribution in [2.45, 2.75) is 25.7 Å². The molecule has 0 amide bonds. The molecule has 0 radical (unpaired) electrons. The minimum Gasteiger partial charge on any atom is -0.412 e. The molecule has 2 aromatic heterocycles. The first-order valence-corrected chi connectivity index (χ1v) is 8.34. The van der Waals surface area contributed by atoms with Crippen molar-refractivity contribution in [2.24, 2.45) is 21.1 Å². The Morgan fingerprint density at radius 2 is 1.60 bits per heavy atom. The molecule has 2 aromatic rings. The molecule has 3 heterocycles. The number of fused-ring (bicyclic) bond motifs is 1. The van der Waals surface area contributed by atoms with E-state index in [0.29, 0.717) is 23.5 Å². The Labute approximate surface area is 146 Å². The molecule has 0 aromatic carbocycles. The third kappa shape index (κ3) is 3.52. The maximum absolute atomic E-state index is 12.3. The van der Waals surface area contributed by atoms with Gasteiger partial charge in [0.05, 0.1) is 6.54 Å². The Morgan fingerprint density at radius 3 is 2.24 bits per heavy atom. The highest BCUT2D eigenvalue weighted by molar-refractivity contribution is 5.71. The molecule has 8 heteroatoms. The van der Waals surface area contributed by atoms with Crippen molar-refractivity contribution in [1.82, 2.24) is 23.6 Å². The van der Waals surface area contributed by atoms with Gasteiger partial charge >= 0.3 is 5.69 Å². The van der Waals surface area contributed by atoms with Crippen LogP contribution in [0.1, 0.15) is 31.5 Å². The average molecular weight is 347 g/mol. The fourth-order valence-electron chi connectivity index (χ4n) is 3.15. The zero-order chi connectivity index (χ0) is 17.3. The summed E-state index contributed by atoms with van der Waals surface area (Å²) in [5.41, 5.74) is 0.0571. The molecule has 8 nitrogen and oxygen atoms in total. The van der Waals surface area contributed by atoms with Gasteiger partial charge in [0.1, 0.15) is 0 Å². The van der Waals surface area contributed by atoms with Gasteiger partial charge in [-0.1, -0.05) is 18.8 Å². The molecule has 1 fully saturated rings. The van der Waals surface area contributed by atoms with Crippen molar-refractivity contribution in [2.75, 3.05) is 19.6 Å². The second-order valence-corrected chi connectivity index (χ2v) is 6.36. The lowest BCUT2D eigenvalue weighted by molar-refractivity contribution is 0.320. The molecule has 136 valence electrons. The van der Waals surface area contributed by atoms with Crippen LogP contribution >= 0.6 is 0 Å². The number of hydrogen-bond donors (Lipinski definition) is 0. The number of aromatic nitrogens is 4. The molecule has 0 aliphatic carbocycles. The molecule has 0 saturated carbocycles. The highest BCUT2D eigenvalue weighted by Gasteiger charge is 2.15. The highest BCUT2D eigenvalue weighted by atomic mass is 16.2. The third-order valence-corrected chi connectivity index (χ3v) is 4.68. The minimum atomic E-state index is -0.380. The molecule has 3 rings (SSSR count). The largest absolute Gasteiger partial charge is 0.412 e. The van der Waals surface area contributed by atoms with E-state index in [9.17, 15) is 9.59 Å².